The molecule has 1 aromatic carbocycles. The van der Waals surface area contributed by atoms with Crippen molar-refractivity contribution in [3.8, 4) is 0 Å². The van der Waals surface area contributed by atoms with E-state index in [0.29, 0.717) is 45.9 Å². The maximum Gasteiger partial charge on any atom is 0.409 e. The van der Waals surface area contributed by atoms with Gasteiger partial charge < -0.3 is 19.4 Å². The van der Waals surface area contributed by atoms with Gasteiger partial charge in [-0.25, -0.2) is 13.2 Å². The van der Waals surface area contributed by atoms with E-state index in [2.05, 4.69) is 0 Å². The Balaban J connectivity index is 1.38. The van der Waals surface area contributed by atoms with Crippen molar-refractivity contribution in [2.45, 2.75) is 31.6 Å². The summed E-state index contributed by atoms with van der Waals surface area (Å²) >= 11 is 0. The Hall–Kier alpha value is -2.66. The van der Waals surface area contributed by atoms with E-state index in [9.17, 15) is 22.8 Å². The number of carbonyl (C=O) groups excluding carboxylic acids is 3. The second-order valence-electron chi connectivity index (χ2n) is 8.94. The molecule has 3 amide bonds. The van der Waals surface area contributed by atoms with E-state index in [4.69, 9.17) is 4.74 Å². The van der Waals surface area contributed by atoms with Gasteiger partial charge in [-0.05, 0) is 18.1 Å². The maximum atomic E-state index is 12.7. The van der Waals surface area contributed by atoms with Crippen LogP contribution in [0, 0.1) is 5.92 Å². The zero-order valence-corrected chi connectivity index (χ0v) is 20.7. The van der Waals surface area contributed by atoms with Crippen LogP contribution in [0.5, 0.6) is 0 Å². The Morgan fingerprint density at radius 3 is 1.76 bits per heavy atom. The molecule has 34 heavy (non-hydrogen) atoms. The summed E-state index contributed by atoms with van der Waals surface area (Å²) in [7, 11) is -3.57. The topological polar surface area (TPSA) is 108 Å². The fourth-order valence-corrected chi connectivity index (χ4v) is 5.36. The molecule has 0 N–H and O–H groups in total. The summed E-state index contributed by atoms with van der Waals surface area (Å²) in [6.07, 6.45) is -0.176. The van der Waals surface area contributed by atoms with Crippen LogP contribution in [0.4, 0.5) is 4.79 Å². The molecule has 0 radical (unpaired) electrons. The van der Waals surface area contributed by atoms with Crippen LogP contribution in [-0.4, -0.2) is 104 Å². The van der Waals surface area contributed by atoms with Crippen LogP contribution in [0.2, 0.25) is 0 Å². The minimum absolute atomic E-state index is 0.0842. The molecule has 2 heterocycles. The summed E-state index contributed by atoms with van der Waals surface area (Å²) in [5, 5.41) is 0. The number of sulfonamides is 1. The second kappa shape index (κ2) is 11.7. The van der Waals surface area contributed by atoms with Gasteiger partial charge in [0.05, 0.1) is 11.5 Å². The molecule has 3 rings (SSSR count). The second-order valence-corrected chi connectivity index (χ2v) is 10.9. The fraction of sp³-hybridized carbons (Fsp3) is 0.609. The predicted octanol–water partition coefficient (Wildman–Crippen LogP) is 1.24. The highest BCUT2D eigenvalue weighted by Gasteiger charge is 2.30. The predicted molar refractivity (Wildman–Crippen MR) is 125 cm³/mol. The molecule has 0 aromatic heterocycles. The molecule has 188 valence electrons. The molecule has 0 atom stereocenters. The van der Waals surface area contributed by atoms with Gasteiger partial charge in [-0.2, -0.15) is 4.31 Å². The highest BCUT2D eigenvalue weighted by Crippen LogP contribution is 2.18. The Morgan fingerprint density at radius 1 is 0.794 bits per heavy atom. The highest BCUT2D eigenvalue weighted by molar-refractivity contribution is 7.89. The molecule has 2 saturated heterocycles. The number of amides is 3. The molecule has 1 aromatic rings. The number of piperazine rings is 2. The van der Waals surface area contributed by atoms with E-state index in [0.717, 1.165) is 0 Å². The molecule has 2 fully saturated rings. The van der Waals surface area contributed by atoms with Crippen LogP contribution in [-0.2, 0) is 24.3 Å². The van der Waals surface area contributed by atoms with Crippen molar-refractivity contribution in [1.82, 2.24) is 19.0 Å². The Labute approximate surface area is 201 Å². The minimum Gasteiger partial charge on any atom is -0.449 e. The van der Waals surface area contributed by atoms with Crippen molar-refractivity contribution in [1.29, 1.82) is 0 Å². The van der Waals surface area contributed by atoms with Crippen molar-refractivity contribution in [3.63, 3.8) is 0 Å². The number of nitrogens with zero attached hydrogens (tertiary/aromatic N) is 4. The summed E-state index contributed by atoms with van der Waals surface area (Å²) in [4.78, 5) is 42.3. The first-order valence-electron chi connectivity index (χ1n) is 11.7. The number of hydrogen-bond donors (Lipinski definition) is 0. The van der Waals surface area contributed by atoms with Gasteiger partial charge in [-0.3, -0.25) is 9.59 Å². The third-order valence-corrected chi connectivity index (χ3v) is 7.87. The molecule has 0 saturated carbocycles. The van der Waals surface area contributed by atoms with Gasteiger partial charge in [0.25, 0.3) is 0 Å². The SMILES string of the molecule is CC(C)COC(=O)N1CCN(C(=O)CCC(=O)N2CCN(S(=O)(=O)c3ccccc3)CC2)CC1. The normalized spacial score (nSPS) is 17.7. The van der Waals surface area contributed by atoms with E-state index >= 15 is 0 Å². The number of rotatable bonds is 7. The number of benzene rings is 1. The summed E-state index contributed by atoms with van der Waals surface area (Å²) in [6, 6.07) is 8.25. The first kappa shape index (κ1) is 26.0. The lowest BCUT2D eigenvalue weighted by molar-refractivity contribution is -0.138. The van der Waals surface area contributed by atoms with Crippen molar-refractivity contribution >= 4 is 27.9 Å². The average Bonchev–Trinajstić information content (AvgIpc) is 2.86. The molecular weight excluding hydrogens is 460 g/mol. The molecule has 11 heteroatoms. The minimum atomic E-state index is -3.57. The zero-order chi connectivity index (χ0) is 24.7. The van der Waals surface area contributed by atoms with Gasteiger partial charge in [0.15, 0.2) is 0 Å². The molecule has 10 nitrogen and oxygen atoms in total. The third kappa shape index (κ3) is 6.69. The summed E-state index contributed by atoms with van der Waals surface area (Å²) in [5.41, 5.74) is 0. The standard InChI is InChI=1S/C23H34N4O6S/c1-19(2)18-33-23(30)26-12-10-24(11-13-26)21(28)8-9-22(29)25-14-16-27(17-15-25)34(31,32)20-6-4-3-5-7-20/h3-7,19H,8-18H2,1-2H3. The Morgan fingerprint density at radius 2 is 1.26 bits per heavy atom. The van der Waals surface area contributed by atoms with Gasteiger partial charge in [-0.1, -0.05) is 32.0 Å². The summed E-state index contributed by atoms with van der Waals surface area (Å²) < 4.78 is 32.1. The molecule has 0 unspecified atom stereocenters. The molecule has 0 spiro atoms. The number of carbonyl (C=O) groups is 3. The van der Waals surface area contributed by atoms with Gasteiger partial charge in [0.1, 0.15) is 0 Å². The summed E-state index contributed by atoms with van der Waals surface area (Å²) in [5.74, 6) is -0.00422. The van der Waals surface area contributed by atoms with Gasteiger partial charge in [-0.15, -0.1) is 0 Å². The monoisotopic (exact) mass is 494 g/mol. The number of ether oxygens (including phenoxy) is 1. The first-order valence-corrected chi connectivity index (χ1v) is 13.1. The van der Waals surface area contributed by atoms with Crippen LogP contribution >= 0.6 is 0 Å². The van der Waals surface area contributed by atoms with Gasteiger partial charge >= 0.3 is 6.09 Å². The van der Waals surface area contributed by atoms with E-state index in [1.54, 1.807) is 45.0 Å². The van der Waals surface area contributed by atoms with Crippen molar-refractivity contribution in [3.05, 3.63) is 30.3 Å². The highest BCUT2D eigenvalue weighted by atomic mass is 32.2. The van der Waals surface area contributed by atoms with Crippen molar-refractivity contribution in [2.24, 2.45) is 5.92 Å². The van der Waals surface area contributed by atoms with E-state index in [1.807, 2.05) is 13.8 Å². The van der Waals surface area contributed by atoms with Crippen molar-refractivity contribution < 1.29 is 27.5 Å². The van der Waals surface area contributed by atoms with Gasteiger partial charge in [0.2, 0.25) is 21.8 Å². The Kier molecular flexibility index (Phi) is 8.90. The lowest BCUT2D eigenvalue weighted by Gasteiger charge is -2.35. The van der Waals surface area contributed by atoms with Crippen LogP contribution in [0.1, 0.15) is 26.7 Å². The summed E-state index contributed by atoms with van der Waals surface area (Å²) in [6.45, 7) is 7.02. The quantitative estimate of drug-likeness (QED) is 0.564. The molecule has 2 aliphatic rings. The molecule has 0 bridgehead atoms. The first-order chi connectivity index (χ1) is 16.2. The van der Waals surface area contributed by atoms with Crippen LogP contribution in [0.3, 0.4) is 0 Å². The third-order valence-electron chi connectivity index (χ3n) is 5.96. The van der Waals surface area contributed by atoms with Gasteiger partial charge in [0, 0.05) is 65.2 Å². The fourth-order valence-electron chi connectivity index (χ4n) is 3.92. The van der Waals surface area contributed by atoms with E-state index < -0.39 is 10.0 Å². The smallest absolute Gasteiger partial charge is 0.409 e. The average molecular weight is 495 g/mol. The van der Waals surface area contributed by atoms with E-state index in [1.165, 1.54) is 4.31 Å². The van der Waals surface area contributed by atoms with Crippen molar-refractivity contribution in [2.75, 3.05) is 59.0 Å². The number of hydrogen-bond acceptors (Lipinski definition) is 6. The van der Waals surface area contributed by atoms with Crippen LogP contribution < -0.4 is 0 Å². The molecule has 2 aliphatic heterocycles. The molecular formula is C23H34N4O6S. The lowest BCUT2D eigenvalue weighted by Crippen LogP contribution is -2.51. The van der Waals surface area contributed by atoms with Crippen LogP contribution in [0.25, 0.3) is 0 Å². The maximum absolute atomic E-state index is 12.7. The van der Waals surface area contributed by atoms with Crippen LogP contribution in [0.15, 0.2) is 35.2 Å². The lowest BCUT2D eigenvalue weighted by atomic mass is 10.2. The Bertz CT molecular complexity index is 953. The molecule has 0 aliphatic carbocycles. The zero-order valence-electron chi connectivity index (χ0n) is 19.9. The largest absolute Gasteiger partial charge is 0.449 e. The van der Waals surface area contributed by atoms with E-state index in [-0.39, 0.29) is 54.7 Å².